The van der Waals surface area contributed by atoms with Crippen molar-refractivity contribution in [1.82, 2.24) is 15.0 Å². The van der Waals surface area contributed by atoms with Crippen LogP contribution in [0.15, 0.2) is 28.8 Å². The van der Waals surface area contributed by atoms with Crippen molar-refractivity contribution in [3.05, 3.63) is 35.7 Å². The Labute approximate surface area is 118 Å². The number of carbonyl (C=O) groups excluding carboxylic acids is 1. The average Bonchev–Trinajstić information content (AvgIpc) is 2.83. The van der Waals surface area contributed by atoms with Crippen molar-refractivity contribution in [1.29, 1.82) is 0 Å². The number of nitrogens with zero attached hydrogens (tertiary/aromatic N) is 3. The minimum absolute atomic E-state index is 0.00435. The smallest absolute Gasteiger partial charge is 0.246 e. The number of amides is 1. The van der Waals surface area contributed by atoms with Crippen molar-refractivity contribution >= 4 is 5.91 Å². The van der Waals surface area contributed by atoms with E-state index in [1.807, 2.05) is 45.0 Å². The Morgan fingerprint density at radius 2 is 2.15 bits per heavy atom. The molecule has 1 aromatic carbocycles. The summed E-state index contributed by atoms with van der Waals surface area (Å²) < 4.78 is 5.23. The first-order valence-corrected chi connectivity index (χ1v) is 6.64. The fourth-order valence-corrected chi connectivity index (χ4v) is 2.02. The SMILES string of the molecule is CC(=O)N(Cc1nc(-c2cccc(C)c2)no1)C(C)C. The maximum Gasteiger partial charge on any atom is 0.246 e. The van der Waals surface area contributed by atoms with Gasteiger partial charge in [-0.1, -0.05) is 28.9 Å². The Bertz CT molecular complexity index is 605. The van der Waals surface area contributed by atoms with Crippen LogP contribution in [0, 0.1) is 6.92 Å². The Hall–Kier alpha value is -2.17. The molecule has 0 unspecified atom stereocenters. The number of carbonyl (C=O) groups is 1. The third-order valence-corrected chi connectivity index (χ3v) is 3.08. The van der Waals surface area contributed by atoms with E-state index in [2.05, 4.69) is 10.1 Å². The number of aromatic nitrogens is 2. The van der Waals surface area contributed by atoms with Crippen LogP contribution in [-0.2, 0) is 11.3 Å². The predicted molar refractivity (Wildman–Crippen MR) is 75.8 cm³/mol. The second-order valence-electron chi connectivity index (χ2n) is 5.12. The predicted octanol–water partition coefficient (Wildman–Crippen LogP) is 2.80. The van der Waals surface area contributed by atoms with Crippen molar-refractivity contribution in [3.63, 3.8) is 0 Å². The van der Waals surface area contributed by atoms with E-state index >= 15 is 0 Å². The fraction of sp³-hybridized carbons (Fsp3) is 0.400. The van der Waals surface area contributed by atoms with Gasteiger partial charge in [0, 0.05) is 18.5 Å². The van der Waals surface area contributed by atoms with E-state index in [0.717, 1.165) is 11.1 Å². The van der Waals surface area contributed by atoms with Crippen LogP contribution in [-0.4, -0.2) is 27.0 Å². The summed E-state index contributed by atoms with van der Waals surface area (Å²) in [4.78, 5) is 17.6. The summed E-state index contributed by atoms with van der Waals surface area (Å²) in [5.74, 6) is 0.997. The van der Waals surface area contributed by atoms with Gasteiger partial charge in [0.1, 0.15) is 6.54 Å². The standard InChI is InChI=1S/C15H19N3O2/c1-10(2)18(12(4)19)9-14-16-15(17-20-14)13-7-5-6-11(3)8-13/h5-8,10H,9H2,1-4H3. The molecule has 0 spiro atoms. The van der Waals surface area contributed by atoms with Crippen molar-refractivity contribution < 1.29 is 9.32 Å². The number of hydrogen-bond donors (Lipinski definition) is 0. The van der Waals surface area contributed by atoms with Gasteiger partial charge in [0.05, 0.1) is 0 Å². The van der Waals surface area contributed by atoms with Gasteiger partial charge in [-0.25, -0.2) is 0 Å². The van der Waals surface area contributed by atoms with E-state index in [4.69, 9.17) is 4.52 Å². The zero-order chi connectivity index (χ0) is 14.7. The molecule has 2 rings (SSSR count). The van der Waals surface area contributed by atoms with Crippen LogP contribution in [0.25, 0.3) is 11.4 Å². The van der Waals surface area contributed by atoms with Gasteiger partial charge in [-0.2, -0.15) is 4.98 Å². The molecule has 0 aliphatic rings. The molecule has 0 radical (unpaired) electrons. The molecule has 0 saturated carbocycles. The molecule has 0 atom stereocenters. The van der Waals surface area contributed by atoms with Gasteiger partial charge in [-0.05, 0) is 26.8 Å². The third kappa shape index (κ3) is 3.23. The minimum atomic E-state index is -0.00435. The van der Waals surface area contributed by atoms with Crippen molar-refractivity contribution in [2.75, 3.05) is 0 Å². The van der Waals surface area contributed by atoms with Crippen molar-refractivity contribution in [2.45, 2.75) is 40.3 Å². The number of hydrogen-bond acceptors (Lipinski definition) is 4. The highest BCUT2D eigenvalue weighted by Crippen LogP contribution is 2.18. The summed E-state index contributed by atoms with van der Waals surface area (Å²) in [5, 5.41) is 3.98. The monoisotopic (exact) mass is 273 g/mol. The second kappa shape index (κ2) is 5.86. The molecule has 0 saturated heterocycles. The highest BCUT2D eigenvalue weighted by molar-refractivity contribution is 5.73. The molecule has 0 aliphatic carbocycles. The lowest BCUT2D eigenvalue weighted by atomic mass is 10.1. The molecule has 5 nitrogen and oxygen atoms in total. The average molecular weight is 273 g/mol. The van der Waals surface area contributed by atoms with Gasteiger partial charge in [-0.3, -0.25) is 4.79 Å². The van der Waals surface area contributed by atoms with Gasteiger partial charge in [-0.15, -0.1) is 0 Å². The maximum absolute atomic E-state index is 11.5. The molecule has 1 amide bonds. The molecule has 0 bridgehead atoms. The molecular weight excluding hydrogens is 254 g/mol. The molecule has 5 heteroatoms. The van der Waals surface area contributed by atoms with Crippen LogP contribution in [0.4, 0.5) is 0 Å². The lowest BCUT2D eigenvalue weighted by Gasteiger charge is -2.23. The molecule has 0 N–H and O–H groups in total. The van der Waals surface area contributed by atoms with E-state index in [9.17, 15) is 4.79 Å². The molecule has 0 fully saturated rings. The van der Waals surface area contributed by atoms with Crippen LogP contribution in [0.2, 0.25) is 0 Å². The van der Waals surface area contributed by atoms with E-state index in [-0.39, 0.29) is 11.9 Å². The molecule has 2 aromatic rings. The Balaban J connectivity index is 2.19. The topological polar surface area (TPSA) is 59.2 Å². The highest BCUT2D eigenvalue weighted by Gasteiger charge is 2.17. The summed E-state index contributed by atoms with van der Waals surface area (Å²) in [6.07, 6.45) is 0. The van der Waals surface area contributed by atoms with Crippen LogP contribution < -0.4 is 0 Å². The van der Waals surface area contributed by atoms with Gasteiger partial charge in [0.2, 0.25) is 17.6 Å². The summed E-state index contributed by atoms with van der Waals surface area (Å²) in [6.45, 7) is 7.81. The minimum Gasteiger partial charge on any atom is -0.337 e. The Morgan fingerprint density at radius 3 is 2.75 bits per heavy atom. The molecular formula is C15H19N3O2. The Kier molecular flexibility index (Phi) is 4.17. The van der Waals surface area contributed by atoms with Crippen LogP contribution in [0.3, 0.4) is 0 Å². The molecule has 106 valence electrons. The lowest BCUT2D eigenvalue weighted by Crippen LogP contribution is -2.34. The largest absolute Gasteiger partial charge is 0.337 e. The maximum atomic E-state index is 11.5. The van der Waals surface area contributed by atoms with E-state index in [1.54, 1.807) is 4.90 Å². The van der Waals surface area contributed by atoms with Crippen molar-refractivity contribution in [2.24, 2.45) is 0 Å². The lowest BCUT2D eigenvalue weighted by molar-refractivity contribution is -0.131. The highest BCUT2D eigenvalue weighted by atomic mass is 16.5. The third-order valence-electron chi connectivity index (χ3n) is 3.08. The van der Waals surface area contributed by atoms with Gasteiger partial charge < -0.3 is 9.42 Å². The first kappa shape index (κ1) is 14.2. The summed E-state index contributed by atoms with van der Waals surface area (Å²) in [5.41, 5.74) is 2.06. The summed E-state index contributed by atoms with van der Waals surface area (Å²) in [6, 6.07) is 8.01. The second-order valence-corrected chi connectivity index (χ2v) is 5.12. The van der Waals surface area contributed by atoms with Gasteiger partial charge in [0.25, 0.3) is 0 Å². The first-order chi connectivity index (χ1) is 9.47. The summed E-state index contributed by atoms with van der Waals surface area (Å²) >= 11 is 0. The van der Waals surface area contributed by atoms with Crippen molar-refractivity contribution in [3.8, 4) is 11.4 Å². The normalized spacial score (nSPS) is 10.8. The molecule has 20 heavy (non-hydrogen) atoms. The van der Waals surface area contributed by atoms with Gasteiger partial charge >= 0.3 is 0 Å². The zero-order valence-corrected chi connectivity index (χ0v) is 12.3. The van der Waals surface area contributed by atoms with Gasteiger partial charge in [0.15, 0.2) is 0 Å². The number of benzene rings is 1. The zero-order valence-electron chi connectivity index (χ0n) is 12.3. The van der Waals surface area contributed by atoms with Crippen LogP contribution in [0.1, 0.15) is 32.2 Å². The fourth-order valence-electron chi connectivity index (χ4n) is 2.02. The molecule has 1 aromatic heterocycles. The van der Waals surface area contributed by atoms with Crippen LogP contribution >= 0.6 is 0 Å². The number of aryl methyl sites for hydroxylation is 1. The van der Waals surface area contributed by atoms with E-state index in [1.165, 1.54) is 6.92 Å². The molecule has 1 heterocycles. The quantitative estimate of drug-likeness (QED) is 0.859. The van der Waals surface area contributed by atoms with Crippen LogP contribution in [0.5, 0.6) is 0 Å². The molecule has 0 aliphatic heterocycles. The first-order valence-electron chi connectivity index (χ1n) is 6.64. The van der Waals surface area contributed by atoms with E-state index in [0.29, 0.717) is 18.3 Å². The van der Waals surface area contributed by atoms with E-state index < -0.39 is 0 Å². The summed E-state index contributed by atoms with van der Waals surface area (Å²) in [7, 11) is 0. The Morgan fingerprint density at radius 1 is 1.40 bits per heavy atom. The number of rotatable bonds is 4.